The van der Waals surface area contributed by atoms with Gasteiger partial charge in [-0.1, -0.05) is 37.3 Å². The lowest BCUT2D eigenvalue weighted by atomic mass is 10.0. The first-order valence-corrected chi connectivity index (χ1v) is 6.12. The third-order valence-electron chi connectivity index (χ3n) is 3.00. The second kappa shape index (κ2) is 7.07. The number of carboxylic acids is 1. The summed E-state index contributed by atoms with van der Waals surface area (Å²) in [6, 6.07) is 10.7. The van der Waals surface area contributed by atoms with Gasteiger partial charge in [-0.05, 0) is 32.0 Å². The number of hydrogen-bond acceptors (Lipinski definition) is 2. The molecule has 0 amide bonds. The second-order valence-electron chi connectivity index (χ2n) is 4.31. The van der Waals surface area contributed by atoms with Crippen molar-refractivity contribution in [1.82, 2.24) is 4.90 Å². The highest BCUT2D eigenvalue weighted by Crippen LogP contribution is 2.22. The van der Waals surface area contributed by atoms with E-state index in [9.17, 15) is 4.79 Å². The lowest BCUT2D eigenvalue weighted by Crippen LogP contribution is -2.25. The van der Waals surface area contributed by atoms with Crippen LogP contribution in [0.4, 0.5) is 0 Å². The van der Waals surface area contributed by atoms with Crippen LogP contribution in [0.5, 0.6) is 0 Å². The summed E-state index contributed by atoms with van der Waals surface area (Å²) in [5, 5.41) is 8.62. The molecular formula is C14H21NO2. The zero-order valence-electron chi connectivity index (χ0n) is 10.6. The van der Waals surface area contributed by atoms with Gasteiger partial charge in [-0.3, -0.25) is 9.69 Å². The zero-order valence-corrected chi connectivity index (χ0v) is 10.6. The Bertz CT molecular complexity index is 337. The van der Waals surface area contributed by atoms with Gasteiger partial charge in [0.1, 0.15) is 0 Å². The average molecular weight is 235 g/mol. The first-order chi connectivity index (χ1) is 8.15. The van der Waals surface area contributed by atoms with Crippen LogP contribution in [0.1, 0.15) is 37.8 Å². The fraction of sp³-hybridized carbons (Fsp3) is 0.500. The van der Waals surface area contributed by atoms with Crippen LogP contribution in [0.25, 0.3) is 0 Å². The summed E-state index contributed by atoms with van der Waals surface area (Å²) in [6.45, 7) is 2.98. The first kappa shape index (κ1) is 13.7. The molecule has 0 radical (unpaired) electrons. The fourth-order valence-corrected chi connectivity index (χ4v) is 2.11. The van der Waals surface area contributed by atoms with Gasteiger partial charge in [-0.25, -0.2) is 0 Å². The Labute approximate surface area is 103 Å². The van der Waals surface area contributed by atoms with E-state index in [2.05, 4.69) is 31.0 Å². The maximum Gasteiger partial charge on any atom is 0.303 e. The zero-order chi connectivity index (χ0) is 12.7. The van der Waals surface area contributed by atoms with Crippen molar-refractivity contribution < 1.29 is 9.90 Å². The highest BCUT2D eigenvalue weighted by molar-refractivity contribution is 5.66. The molecule has 0 spiro atoms. The number of carboxylic acid groups (broad SMARTS) is 1. The summed E-state index contributed by atoms with van der Waals surface area (Å²) in [7, 11) is 2.06. The smallest absolute Gasteiger partial charge is 0.303 e. The van der Waals surface area contributed by atoms with Crippen LogP contribution in [0, 0.1) is 0 Å². The van der Waals surface area contributed by atoms with Crippen LogP contribution in [0.15, 0.2) is 30.3 Å². The number of hydrogen-bond donors (Lipinski definition) is 1. The Morgan fingerprint density at radius 2 is 2.00 bits per heavy atom. The summed E-state index contributed by atoms with van der Waals surface area (Å²) in [4.78, 5) is 12.7. The van der Waals surface area contributed by atoms with Gasteiger partial charge >= 0.3 is 5.97 Å². The predicted octanol–water partition coefficient (Wildman–Crippen LogP) is 2.93. The Morgan fingerprint density at radius 1 is 1.35 bits per heavy atom. The number of benzene rings is 1. The molecule has 0 saturated carbocycles. The molecule has 3 heteroatoms. The van der Waals surface area contributed by atoms with Gasteiger partial charge in [-0.15, -0.1) is 0 Å². The van der Waals surface area contributed by atoms with Crippen molar-refractivity contribution >= 4 is 5.97 Å². The van der Waals surface area contributed by atoms with Gasteiger partial charge in [-0.2, -0.15) is 0 Å². The lowest BCUT2D eigenvalue weighted by Gasteiger charge is -2.27. The Hall–Kier alpha value is -1.35. The van der Waals surface area contributed by atoms with Crippen molar-refractivity contribution in [3.05, 3.63) is 35.9 Å². The minimum absolute atomic E-state index is 0.246. The van der Waals surface area contributed by atoms with E-state index in [1.807, 2.05) is 18.2 Å². The third kappa shape index (κ3) is 4.57. The highest BCUT2D eigenvalue weighted by atomic mass is 16.4. The Morgan fingerprint density at radius 3 is 2.53 bits per heavy atom. The van der Waals surface area contributed by atoms with Crippen LogP contribution in [0.3, 0.4) is 0 Å². The number of nitrogens with zero attached hydrogens (tertiary/aromatic N) is 1. The van der Waals surface area contributed by atoms with Crippen LogP contribution in [-0.4, -0.2) is 29.6 Å². The normalized spacial score (nSPS) is 12.6. The number of aliphatic carboxylic acids is 1. The molecule has 1 aromatic rings. The molecular weight excluding hydrogens is 214 g/mol. The Balaban J connectivity index is 2.53. The average Bonchev–Trinajstić information content (AvgIpc) is 2.31. The van der Waals surface area contributed by atoms with Crippen molar-refractivity contribution in [1.29, 1.82) is 0 Å². The highest BCUT2D eigenvalue weighted by Gasteiger charge is 2.14. The molecule has 0 fully saturated rings. The minimum Gasteiger partial charge on any atom is -0.481 e. The van der Waals surface area contributed by atoms with Gasteiger partial charge in [0.2, 0.25) is 0 Å². The van der Waals surface area contributed by atoms with Crippen molar-refractivity contribution in [2.24, 2.45) is 0 Å². The van der Waals surface area contributed by atoms with Gasteiger partial charge in [0, 0.05) is 12.5 Å². The molecule has 1 rings (SSSR count). The van der Waals surface area contributed by atoms with Crippen molar-refractivity contribution in [2.45, 2.75) is 32.2 Å². The van der Waals surface area contributed by atoms with E-state index in [1.165, 1.54) is 5.56 Å². The lowest BCUT2D eigenvalue weighted by molar-refractivity contribution is -0.137. The molecule has 0 aliphatic rings. The predicted molar refractivity (Wildman–Crippen MR) is 69.0 cm³/mol. The van der Waals surface area contributed by atoms with Gasteiger partial charge < -0.3 is 5.11 Å². The molecule has 17 heavy (non-hydrogen) atoms. The standard InChI is InChI=1S/C14H21NO2/c1-3-13(12-8-5-4-6-9-12)15(2)11-7-10-14(16)17/h4-6,8-9,13H,3,7,10-11H2,1-2H3,(H,16,17). The quantitative estimate of drug-likeness (QED) is 0.790. The molecule has 1 N–H and O–H groups in total. The van der Waals surface area contributed by atoms with E-state index in [0.717, 1.165) is 13.0 Å². The maximum atomic E-state index is 10.5. The molecule has 1 unspecified atom stereocenters. The van der Waals surface area contributed by atoms with Gasteiger partial charge in [0.05, 0.1) is 0 Å². The van der Waals surface area contributed by atoms with Crippen LogP contribution >= 0.6 is 0 Å². The monoisotopic (exact) mass is 235 g/mol. The molecule has 0 heterocycles. The van der Waals surface area contributed by atoms with Crippen LogP contribution < -0.4 is 0 Å². The van der Waals surface area contributed by atoms with E-state index in [0.29, 0.717) is 12.5 Å². The van der Waals surface area contributed by atoms with E-state index in [-0.39, 0.29) is 6.42 Å². The molecule has 0 aliphatic carbocycles. The topological polar surface area (TPSA) is 40.5 Å². The second-order valence-corrected chi connectivity index (χ2v) is 4.31. The number of carbonyl (C=O) groups is 1. The summed E-state index contributed by atoms with van der Waals surface area (Å²) in [6.07, 6.45) is 1.98. The van der Waals surface area contributed by atoms with Crippen molar-refractivity contribution in [3.63, 3.8) is 0 Å². The molecule has 94 valence electrons. The minimum atomic E-state index is -0.717. The first-order valence-electron chi connectivity index (χ1n) is 6.12. The van der Waals surface area contributed by atoms with Crippen LogP contribution in [0.2, 0.25) is 0 Å². The SMILES string of the molecule is CCC(c1ccccc1)N(C)CCCC(=O)O. The van der Waals surface area contributed by atoms with E-state index < -0.39 is 5.97 Å². The fourth-order valence-electron chi connectivity index (χ4n) is 2.11. The number of rotatable bonds is 7. The molecule has 1 aromatic carbocycles. The largest absolute Gasteiger partial charge is 0.481 e. The van der Waals surface area contributed by atoms with Gasteiger partial charge in [0.15, 0.2) is 0 Å². The third-order valence-corrected chi connectivity index (χ3v) is 3.00. The van der Waals surface area contributed by atoms with Gasteiger partial charge in [0.25, 0.3) is 0 Å². The van der Waals surface area contributed by atoms with E-state index >= 15 is 0 Å². The van der Waals surface area contributed by atoms with Crippen molar-refractivity contribution in [2.75, 3.05) is 13.6 Å². The molecule has 0 aromatic heterocycles. The maximum absolute atomic E-state index is 10.5. The molecule has 0 aliphatic heterocycles. The molecule has 1 atom stereocenters. The summed E-state index contributed by atoms with van der Waals surface area (Å²) >= 11 is 0. The summed E-state index contributed by atoms with van der Waals surface area (Å²) in [5.41, 5.74) is 1.30. The van der Waals surface area contributed by atoms with E-state index in [1.54, 1.807) is 0 Å². The van der Waals surface area contributed by atoms with Crippen LogP contribution in [-0.2, 0) is 4.79 Å². The van der Waals surface area contributed by atoms with E-state index in [4.69, 9.17) is 5.11 Å². The summed E-state index contributed by atoms with van der Waals surface area (Å²) in [5.74, 6) is -0.717. The van der Waals surface area contributed by atoms with Crippen molar-refractivity contribution in [3.8, 4) is 0 Å². The Kier molecular flexibility index (Phi) is 5.70. The summed E-state index contributed by atoms with van der Waals surface area (Å²) < 4.78 is 0. The molecule has 0 saturated heterocycles. The molecule has 0 bridgehead atoms. The molecule has 3 nitrogen and oxygen atoms in total.